The summed E-state index contributed by atoms with van der Waals surface area (Å²) >= 11 is 0. The first kappa shape index (κ1) is 15.6. The van der Waals surface area contributed by atoms with E-state index in [0.29, 0.717) is 17.9 Å². The molecule has 2 rings (SSSR count). The van der Waals surface area contributed by atoms with E-state index in [-0.39, 0.29) is 12.5 Å². The van der Waals surface area contributed by atoms with Gasteiger partial charge in [-0.1, -0.05) is 36.4 Å². The Morgan fingerprint density at radius 1 is 1.18 bits per heavy atom. The summed E-state index contributed by atoms with van der Waals surface area (Å²) in [5, 5.41) is 11.8. The Labute approximate surface area is 130 Å². The van der Waals surface area contributed by atoms with E-state index in [0.717, 1.165) is 6.42 Å². The molecule has 0 aliphatic rings. The van der Waals surface area contributed by atoms with Crippen molar-refractivity contribution in [2.24, 2.45) is 0 Å². The zero-order valence-corrected chi connectivity index (χ0v) is 12.5. The van der Waals surface area contributed by atoms with Crippen LogP contribution in [0, 0.1) is 18.3 Å². The van der Waals surface area contributed by atoms with E-state index < -0.39 is 0 Å². The topological polar surface area (TPSA) is 62.1 Å². The van der Waals surface area contributed by atoms with E-state index in [1.165, 1.54) is 11.1 Å². The summed E-state index contributed by atoms with van der Waals surface area (Å²) in [7, 11) is 0. The minimum Gasteiger partial charge on any atom is -0.482 e. The predicted octanol–water partition coefficient (Wildman–Crippen LogP) is 2.60. The number of carbonyl (C=O) groups excluding carboxylic acids is 1. The van der Waals surface area contributed by atoms with Crippen molar-refractivity contribution in [1.82, 2.24) is 5.32 Å². The number of hydrogen-bond donors (Lipinski definition) is 1. The molecule has 0 saturated heterocycles. The standard InChI is InChI=1S/C18H18N2O2/c1-14-6-2-3-7-15(14)10-11-20-18(21)13-22-17-9-5-4-8-16(17)12-19/h2-9H,10-11,13H2,1H3,(H,20,21). The van der Waals surface area contributed by atoms with E-state index in [1.807, 2.05) is 18.2 Å². The molecule has 0 bridgehead atoms. The molecule has 4 nitrogen and oxygen atoms in total. The fourth-order valence-electron chi connectivity index (χ4n) is 2.11. The van der Waals surface area contributed by atoms with Crippen LogP contribution in [0.1, 0.15) is 16.7 Å². The lowest BCUT2D eigenvalue weighted by Crippen LogP contribution is -2.30. The lowest BCUT2D eigenvalue weighted by Gasteiger charge is -2.09. The van der Waals surface area contributed by atoms with E-state index in [1.54, 1.807) is 24.3 Å². The van der Waals surface area contributed by atoms with Crippen LogP contribution in [-0.4, -0.2) is 19.1 Å². The monoisotopic (exact) mass is 294 g/mol. The molecule has 2 aromatic carbocycles. The Morgan fingerprint density at radius 2 is 1.91 bits per heavy atom. The van der Waals surface area contributed by atoms with Gasteiger partial charge in [0.1, 0.15) is 11.8 Å². The molecule has 1 amide bonds. The van der Waals surface area contributed by atoms with Gasteiger partial charge in [-0.3, -0.25) is 4.79 Å². The van der Waals surface area contributed by atoms with Crippen LogP contribution >= 0.6 is 0 Å². The molecule has 0 aliphatic heterocycles. The summed E-state index contributed by atoms with van der Waals surface area (Å²) in [6, 6.07) is 17.0. The van der Waals surface area contributed by atoms with Crippen LogP contribution in [-0.2, 0) is 11.2 Å². The van der Waals surface area contributed by atoms with Gasteiger partial charge in [0.2, 0.25) is 0 Å². The third-order valence-electron chi connectivity index (χ3n) is 3.34. The number of benzene rings is 2. The summed E-state index contributed by atoms with van der Waals surface area (Å²) in [6.45, 7) is 2.53. The van der Waals surface area contributed by atoms with Gasteiger partial charge in [0.15, 0.2) is 6.61 Å². The Hall–Kier alpha value is -2.80. The number of para-hydroxylation sites is 1. The van der Waals surface area contributed by atoms with Gasteiger partial charge in [-0.15, -0.1) is 0 Å². The molecule has 1 N–H and O–H groups in total. The van der Waals surface area contributed by atoms with Crippen molar-refractivity contribution in [1.29, 1.82) is 5.26 Å². The normalized spacial score (nSPS) is 9.82. The van der Waals surface area contributed by atoms with Crippen LogP contribution in [0.4, 0.5) is 0 Å². The number of hydrogen-bond acceptors (Lipinski definition) is 3. The first-order valence-corrected chi connectivity index (χ1v) is 7.14. The average Bonchev–Trinajstić information content (AvgIpc) is 2.55. The summed E-state index contributed by atoms with van der Waals surface area (Å²) in [5.74, 6) is 0.236. The Bertz CT molecular complexity index is 689. The van der Waals surface area contributed by atoms with Crippen LogP contribution in [0.3, 0.4) is 0 Å². The van der Waals surface area contributed by atoms with Crippen molar-refractivity contribution in [3.05, 3.63) is 65.2 Å². The van der Waals surface area contributed by atoms with Crippen LogP contribution in [0.2, 0.25) is 0 Å². The highest BCUT2D eigenvalue weighted by Crippen LogP contribution is 2.16. The number of amides is 1. The highest BCUT2D eigenvalue weighted by molar-refractivity contribution is 5.77. The third kappa shape index (κ3) is 4.35. The Morgan fingerprint density at radius 3 is 2.68 bits per heavy atom. The SMILES string of the molecule is Cc1ccccc1CCNC(=O)COc1ccccc1C#N. The molecule has 4 heteroatoms. The molecule has 0 aromatic heterocycles. The molecule has 22 heavy (non-hydrogen) atoms. The number of nitrogens with zero attached hydrogens (tertiary/aromatic N) is 1. The van der Waals surface area contributed by atoms with Gasteiger partial charge in [-0.25, -0.2) is 0 Å². The molecule has 0 aliphatic carbocycles. The molecule has 0 radical (unpaired) electrons. The number of aryl methyl sites for hydroxylation is 1. The van der Waals surface area contributed by atoms with Crippen molar-refractivity contribution >= 4 is 5.91 Å². The minimum atomic E-state index is -0.193. The highest BCUT2D eigenvalue weighted by atomic mass is 16.5. The summed E-state index contributed by atoms with van der Waals surface area (Å²) < 4.78 is 5.38. The second-order valence-corrected chi connectivity index (χ2v) is 4.92. The van der Waals surface area contributed by atoms with Crippen LogP contribution < -0.4 is 10.1 Å². The van der Waals surface area contributed by atoms with E-state index in [9.17, 15) is 4.79 Å². The summed E-state index contributed by atoms with van der Waals surface area (Å²) in [4.78, 5) is 11.8. The average molecular weight is 294 g/mol. The molecule has 0 unspecified atom stereocenters. The molecule has 0 spiro atoms. The number of rotatable bonds is 6. The Kier molecular flexibility index (Phi) is 5.56. The fourth-order valence-corrected chi connectivity index (χ4v) is 2.11. The molecule has 112 valence electrons. The highest BCUT2D eigenvalue weighted by Gasteiger charge is 2.06. The predicted molar refractivity (Wildman–Crippen MR) is 84.5 cm³/mol. The quantitative estimate of drug-likeness (QED) is 0.890. The first-order valence-electron chi connectivity index (χ1n) is 7.14. The molecular formula is C18H18N2O2. The second-order valence-electron chi connectivity index (χ2n) is 4.92. The van der Waals surface area contributed by atoms with Gasteiger partial charge < -0.3 is 10.1 Å². The van der Waals surface area contributed by atoms with Crippen molar-refractivity contribution in [3.8, 4) is 11.8 Å². The number of nitrogens with one attached hydrogen (secondary N) is 1. The maximum absolute atomic E-state index is 11.8. The maximum atomic E-state index is 11.8. The largest absolute Gasteiger partial charge is 0.482 e. The molecule has 0 atom stereocenters. The fraction of sp³-hybridized carbons (Fsp3) is 0.222. The molecule has 0 fully saturated rings. The van der Waals surface area contributed by atoms with Gasteiger partial charge >= 0.3 is 0 Å². The molecule has 0 heterocycles. The van der Waals surface area contributed by atoms with Crippen LogP contribution in [0.15, 0.2) is 48.5 Å². The molecular weight excluding hydrogens is 276 g/mol. The van der Waals surface area contributed by atoms with Gasteiger partial charge in [0, 0.05) is 6.54 Å². The zero-order valence-electron chi connectivity index (χ0n) is 12.5. The van der Waals surface area contributed by atoms with Crippen LogP contribution in [0.25, 0.3) is 0 Å². The number of carbonyl (C=O) groups is 1. The second kappa shape index (κ2) is 7.84. The van der Waals surface area contributed by atoms with E-state index in [4.69, 9.17) is 10.00 Å². The van der Waals surface area contributed by atoms with Crippen molar-refractivity contribution in [2.45, 2.75) is 13.3 Å². The third-order valence-corrected chi connectivity index (χ3v) is 3.34. The lowest BCUT2D eigenvalue weighted by molar-refractivity contribution is -0.123. The van der Waals surface area contributed by atoms with Gasteiger partial charge in [0.25, 0.3) is 5.91 Å². The van der Waals surface area contributed by atoms with Crippen molar-refractivity contribution in [3.63, 3.8) is 0 Å². The van der Waals surface area contributed by atoms with Gasteiger partial charge in [-0.05, 0) is 36.6 Å². The zero-order chi connectivity index (χ0) is 15.8. The van der Waals surface area contributed by atoms with Gasteiger partial charge in [0.05, 0.1) is 5.56 Å². The molecule has 2 aromatic rings. The van der Waals surface area contributed by atoms with E-state index >= 15 is 0 Å². The summed E-state index contributed by atoms with van der Waals surface area (Å²) in [6.07, 6.45) is 0.785. The number of nitriles is 1. The first-order chi connectivity index (χ1) is 10.7. The smallest absolute Gasteiger partial charge is 0.257 e. The number of ether oxygens (including phenoxy) is 1. The minimum absolute atomic E-state index is 0.0908. The Balaban J connectivity index is 1.77. The van der Waals surface area contributed by atoms with Gasteiger partial charge in [-0.2, -0.15) is 5.26 Å². The molecule has 0 saturated carbocycles. The van der Waals surface area contributed by atoms with Crippen molar-refractivity contribution < 1.29 is 9.53 Å². The van der Waals surface area contributed by atoms with Crippen molar-refractivity contribution in [2.75, 3.05) is 13.2 Å². The lowest BCUT2D eigenvalue weighted by atomic mass is 10.1. The summed E-state index contributed by atoms with van der Waals surface area (Å²) in [5.41, 5.74) is 2.87. The van der Waals surface area contributed by atoms with Crippen LogP contribution in [0.5, 0.6) is 5.75 Å². The van der Waals surface area contributed by atoms with E-state index in [2.05, 4.69) is 24.4 Å². The maximum Gasteiger partial charge on any atom is 0.257 e.